The number of amides is 1. The summed E-state index contributed by atoms with van der Waals surface area (Å²) in [7, 11) is 0. The molecule has 0 spiro atoms. The van der Waals surface area contributed by atoms with Crippen molar-refractivity contribution in [2.24, 2.45) is 0 Å². The van der Waals surface area contributed by atoms with Crippen LogP contribution in [0.3, 0.4) is 0 Å². The lowest BCUT2D eigenvalue weighted by atomic mass is 10.1. The number of para-hydroxylation sites is 1. The molecule has 0 aliphatic heterocycles. The second-order valence-electron chi connectivity index (χ2n) is 5.48. The lowest BCUT2D eigenvalue weighted by Gasteiger charge is -2.10. The molecule has 0 saturated heterocycles. The number of furan rings is 1. The van der Waals surface area contributed by atoms with Crippen molar-refractivity contribution in [1.82, 2.24) is 0 Å². The number of hydrogen-bond acceptors (Lipinski definition) is 6. The molecule has 0 bridgehead atoms. The maximum atomic E-state index is 12.4. The van der Waals surface area contributed by atoms with Crippen LogP contribution in [-0.2, 0) is 11.3 Å². The van der Waals surface area contributed by atoms with Crippen molar-refractivity contribution in [3.63, 3.8) is 0 Å². The van der Waals surface area contributed by atoms with Crippen molar-refractivity contribution in [2.75, 3.05) is 5.32 Å². The topological polar surface area (TPSA) is 112 Å². The van der Waals surface area contributed by atoms with Gasteiger partial charge in [0, 0.05) is 12.1 Å². The van der Waals surface area contributed by atoms with Gasteiger partial charge in [0.25, 0.3) is 11.6 Å². The van der Waals surface area contributed by atoms with Crippen molar-refractivity contribution in [3.8, 4) is 0 Å². The number of anilines is 1. The fourth-order valence-electron chi connectivity index (χ4n) is 2.30. The highest BCUT2D eigenvalue weighted by atomic mass is 16.6. The third-order valence-electron chi connectivity index (χ3n) is 3.66. The molecule has 0 radical (unpaired) electrons. The van der Waals surface area contributed by atoms with Crippen LogP contribution in [0.4, 0.5) is 11.4 Å². The van der Waals surface area contributed by atoms with E-state index in [0.29, 0.717) is 5.56 Å². The van der Waals surface area contributed by atoms with Crippen molar-refractivity contribution in [3.05, 3.63) is 93.9 Å². The van der Waals surface area contributed by atoms with Gasteiger partial charge in [0.05, 0.1) is 22.4 Å². The zero-order valence-corrected chi connectivity index (χ0v) is 14.0. The largest absolute Gasteiger partial charge is 0.459 e. The molecule has 0 fully saturated rings. The summed E-state index contributed by atoms with van der Waals surface area (Å²) in [6, 6.07) is 15.2. The Balaban J connectivity index is 1.68. The second-order valence-corrected chi connectivity index (χ2v) is 5.48. The van der Waals surface area contributed by atoms with E-state index in [0.717, 1.165) is 0 Å². The van der Waals surface area contributed by atoms with E-state index >= 15 is 0 Å². The molecule has 1 N–H and O–H groups in total. The Kier molecular flexibility index (Phi) is 5.27. The first-order valence-electron chi connectivity index (χ1n) is 7.89. The smallest absolute Gasteiger partial charge is 0.340 e. The molecule has 136 valence electrons. The van der Waals surface area contributed by atoms with Crippen LogP contribution in [0.25, 0.3) is 0 Å². The lowest BCUT2D eigenvalue weighted by molar-refractivity contribution is -0.384. The third-order valence-corrected chi connectivity index (χ3v) is 3.66. The van der Waals surface area contributed by atoms with Crippen molar-refractivity contribution in [1.29, 1.82) is 0 Å². The van der Waals surface area contributed by atoms with Gasteiger partial charge < -0.3 is 14.5 Å². The summed E-state index contributed by atoms with van der Waals surface area (Å²) in [4.78, 5) is 34.6. The first-order chi connectivity index (χ1) is 13.0. The van der Waals surface area contributed by atoms with Gasteiger partial charge >= 0.3 is 5.97 Å². The summed E-state index contributed by atoms with van der Waals surface area (Å²) in [5, 5.41) is 13.3. The van der Waals surface area contributed by atoms with Gasteiger partial charge in [-0.2, -0.15) is 0 Å². The summed E-state index contributed by atoms with van der Waals surface area (Å²) < 4.78 is 10.3. The predicted octanol–water partition coefficient (Wildman–Crippen LogP) is 3.80. The third kappa shape index (κ3) is 4.37. The molecule has 1 amide bonds. The molecule has 3 rings (SSSR count). The zero-order chi connectivity index (χ0) is 19.2. The monoisotopic (exact) mass is 366 g/mol. The standard InChI is InChI=1S/C19H14N2O6/c22-18(17-6-3-11-26-17)20-16-5-2-1-4-15(16)19(23)27-12-13-7-9-14(10-8-13)21(24)25/h1-11H,12H2,(H,20,22). The van der Waals surface area contributed by atoms with Gasteiger partial charge in [-0.15, -0.1) is 0 Å². The Hall–Kier alpha value is -3.94. The molecule has 2 aromatic carbocycles. The molecule has 1 heterocycles. The molecule has 8 nitrogen and oxygen atoms in total. The highest BCUT2D eigenvalue weighted by Gasteiger charge is 2.16. The number of ether oxygens (including phenoxy) is 1. The second kappa shape index (κ2) is 7.96. The molecule has 1 aromatic heterocycles. The van der Waals surface area contributed by atoms with Crippen LogP contribution < -0.4 is 5.32 Å². The van der Waals surface area contributed by atoms with Crippen molar-refractivity contribution < 1.29 is 23.7 Å². The summed E-state index contributed by atoms with van der Waals surface area (Å²) in [5.74, 6) is -1.01. The maximum Gasteiger partial charge on any atom is 0.340 e. The molecule has 27 heavy (non-hydrogen) atoms. The van der Waals surface area contributed by atoms with E-state index in [1.54, 1.807) is 24.3 Å². The highest BCUT2D eigenvalue weighted by molar-refractivity contribution is 6.06. The zero-order valence-electron chi connectivity index (χ0n) is 14.0. The molecular formula is C19H14N2O6. The fraction of sp³-hybridized carbons (Fsp3) is 0.0526. The number of nitrogens with one attached hydrogen (secondary N) is 1. The number of nitro groups is 1. The molecule has 3 aromatic rings. The lowest BCUT2D eigenvalue weighted by Crippen LogP contribution is -2.15. The van der Waals surface area contributed by atoms with Crippen LogP contribution in [0.15, 0.2) is 71.3 Å². The average Bonchev–Trinajstić information content (AvgIpc) is 3.22. The van der Waals surface area contributed by atoms with Gasteiger partial charge in [-0.05, 0) is 42.0 Å². The Bertz CT molecular complexity index is 964. The number of carbonyl (C=O) groups is 2. The van der Waals surface area contributed by atoms with Gasteiger partial charge in [-0.1, -0.05) is 12.1 Å². The number of esters is 1. The molecule has 0 atom stereocenters. The number of benzene rings is 2. The Morgan fingerprint density at radius 1 is 1.04 bits per heavy atom. The molecule has 0 unspecified atom stereocenters. The highest BCUT2D eigenvalue weighted by Crippen LogP contribution is 2.19. The minimum absolute atomic E-state index is 0.0453. The maximum absolute atomic E-state index is 12.4. The normalized spacial score (nSPS) is 10.2. The number of hydrogen-bond donors (Lipinski definition) is 1. The van der Waals surface area contributed by atoms with Gasteiger partial charge in [-0.3, -0.25) is 14.9 Å². The van der Waals surface area contributed by atoms with Gasteiger partial charge in [0.1, 0.15) is 6.61 Å². The first kappa shape index (κ1) is 17.9. The number of nitro benzene ring substituents is 1. The summed E-state index contributed by atoms with van der Waals surface area (Å²) >= 11 is 0. The van der Waals surface area contributed by atoms with Gasteiger partial charge in [-0.25, -0.2) is 4.79 Å². The van der Waals surface area contributed by atoms with E-state index in [1.165, 1.54) is 42.7 Å². The minimum Gasteiger partial charge on any atom is -0.459 e. The minimum atomic E-state index is -0.635. The Labute approximate surface area is 153 Å². The van der Waals surface area contributed by atoms with E-state index in [1.807, 2.05) is 0 Å². The van der Waals surface area contributed by atoms with Gasteiger partial charge in [0.15, 0.2) is 5.76 Å². The number of rotatable bonds is 6. The van der Waals surface area contributed by atoms with E-state index in [-0.39, 0.29) is 29.3 Å². The molecule has 8 heteroatoms. The van der Waals surface area contributed by atoms with Gasteiger partial charge in [0.2, 0.25) is 0 Å². The van der Waals surface area contributed by atoms with Crippen molar-refractivity contribution in [2.45, 2.75) is 6.61 Å². The van der Waals surface area contributed by atoms with E-state index in [9.17, 15) is 19.7 Å². The number of non-ortho nitro benzene ring substituents is 1. The summed E-state index contributed by atoms with van der Waals surface area (Å²) in [5.41, 5.74) is 1.02. The van der Waals surface area contributed by atoms with Crippen LogP contribution in [0.5, 0.6) is 0 Å². The van der Waals surface area contributed by atoms with E-state index in [2.05, 4.69) is 5.32 Å². The van der Waals surface area contributed by atoms with Crippen LogP contribution in [0.2, 0.25) is 0 Å². The quantitative estimate of drug-likeness (QED) is 0.403. The molecular weight excluding hydrogens is 352 g/mol. The van der Waals surface area contributed by atoms with E-state index in [4.69, 9.17) is 9.15 Å². The van der Waals surface area contributed by atoms with Crippen LogP contribution in [0.1, 0.15) is 26.5 Å². The SMILES string of the molecule is O=C(Nc1ccccc1C(=O)OCc1ccc([N+](=O)[O-])cc1)c1ccco1. The molecule has 0 saturated carbocycles. The van der Waals surface area contributed by atoms with E-state index < -0.39 is 16.8 Å². The summed E-state index contributed by atoms with van der Waals surface area (Å²) in [6.07, 6.45) is 1.37. The predicted molar refractivity (Wildman–Crippen MR) is 95.3 cm³/mol. The Morgan fingerprint density at radius 3 is 2.44 bits per heavy atom. The van der Waals surface area contributed by atoms with Crippen molar-refractivity contribution >= 4 is 23.3 Å². The van der Waals surface area contributed by atoms with Crippen LogP contribution in [-0.4, -0.2) is 16.8 Å². The Morgan fingerprint density at radius 2 is 1.78 bits per heavy atom. The number of nitrogens with zero attached hydrogens (tertiary/aromatic N) is 1. The fourth-order valence-corrected chi connectivity index (χ4v) is 2.30. The number of carbonyl (C=O) groups excluding carboxylic acids is 2. The first-order valence-corrected chi connectivity index (χ1v) is 7.89. The average molecular weight is 366 g/mol. The van der Waals surface area contributed by atoms with Crippen LogP contribution in [0, 0.1) is 10.1 Å². The molecule has 0 aliphatic rings. The molecule has 0 aliphatic carbocycles. The summed E-state index contributed by atoms with van der Waals surface area (Å²) in [6.45, 7) is -0.0582. The van der Waals surface area contributed by atoms with Crippen LogP contribution >= 0.6 is 0 Å².